The fraction of sp³-hybridized carbons (Fsp3) is 0.733. The summed E-state index contributed by atoms with van der Waals surface area (Å²) in [5.74, 6) is 1.80. The summed E-state index contributed by atoms with van der Waals surface area (Å²) < 4.78 is 17.1. The van der Waals surface area contributed by atoms with E-state index in [1.165, 1.54) is 25.7 Å². The van der Waals surface area contributed by atoms with Gasteiger partial charge < -0.3 is 14.2 Å². The molecule has 200 valence electrons. The minimum atomic E-state index is -0.309. The third-order valence-electron chi connectivity index (χ3n) is 5.95. The summed E-state index contributed by atoms with van der Waals surface area (Å²) in [4.78, 5) is 24.8. The van der Waals surface area contributed by atoms with Crippen LogP contribution >= 0.6 is 0 Å². The molecule has 0 aliphatic rings. The SMILES string of the molecule is CCCCCCCCOc1ccc(OC(=O)CCCCC(C)C)c(OC(=O)CCCCC(C)C)c1. The maximum absolute atomic E-state index is 12.5. The molecule has 0 amide bonds. The van der Waals surface area contributed by atoms with Gasteiger partial charge in [-0.15, -0.1) is 0 Å². The standard InChI is InChI=1S/C30H50O5/c1-6-7-8-9-10-15-22-33-26-20-21-27(34-29(31)18-13-11-16-24(2)3)28(23-26)35-30(32)19-14-12-17-25(4)5/h20-21,23-25H,6-19,22H2,1-5H3. The highest BCUT2D eigenvalue weighted by molar-refractivity contribution is 5.76. The minimum absolute atomic E-state index is 0.259. The van der Waals surface area contributed by atoms with E-state index in [1.807, 2.05) is 0 Å². The Morgan fingerprint density at radius 3 is 1.80 bits per heavy atom. The van der Waals surface area contributed by atoms with Crippen LogP contribution in [-0.2, 0) is 9.59 Å². The molecule has 0 bridgehead atoms. The van der Waals surface area contributed by atoms with Crippen molar-refractivity contribution in [2.45, 2.75) is 125 Å². The highest BCUT2D eigenvalue weighted by Crippen LogP contribution is 2.33. The Kier molecular flexibility index (Phi) is 17.0. The normalized spacial score (nSPS) is 11.2. The van der Waals surface area contributed by atoms with E-state index in [2.05, 4.69) is 34.6 Å². The Labute approximate surface area is 214 Å². The number of rotatable bonds is 20. The van der Waals surface area contributed by atoms with Crippen LogP contribution in [0.5, 0.6) is 17.2 Å². The van der Waals surface area contributed by atoms with Crippen molar-refractivity contribution >= 4 is 11.9 Å². The van der Waals surface area contributed by atoms with Crippen LogP contribution in [0.25, 0.3) is 0 Å². The zero-order valence-electron chi connectivity index (χ0n) is 23.0. The molecule has 0 heterocycles. The number of benzene rings is 1. The molecule has 0 fully saturated rings. The molecule has 35 heavy (non-hydrogen) atoms. The van der Waals surface area contributed by atoms with Gasteiger partial charge in [-0.05, 0) is 43.2 Å². The monoisotopic (exact) mass is 490 g/mol. The molecule has 1 aromatic carbocycles. The van der Waals surface area contributed by atoms with E-state index in [1.54, 1.807) is 18.2 Å². The van der Waals surface area contributed by atoms with E-state index >= 15 is 0 Å². The van der Waals surface area contributed by atoms with Crippen LogP contribution in [0.4, 0.5) is 0 Å². The third kappa shape index (κ3) is 16.3. The molecule has 5 nitrogen and oxygen atoms in total. The topological polar surface area (TPSA) is 61.8 Å². The number of hydrogen-bond donors (Lipinski definition) is 0. The Bertz CT molecular complexity index is 711. The average Bonchev–Trinajstić information content (AvgIpc) is 2.80. The summed E-state index contributed by atoms with van der Waals surface area (Å²) in [6, 6.07) is 5.12. The van der Waals surface area contributed by atoms with Crippen LogP contribution in [0.1, 0.15) is 125 Å². The molecule has 0 unspecified atom stereocenters. The summed E-state index contributed by atoms with van der Waals surface area (Å²) in [6.07, 6.45) is 13.6. The van der Waals surface area contributed by atoms with E-state index in [9.17, 15) is 9.59 Å². The molecular weight excluding hydrogens is 440 g/mol. The van der Waals surface area contributed by atoms with Crippen molar-refractivity contribution in [3.8, 4) is 17.2 Å². The molecule has 0 atom stereocenters. The van der Waals surface area contributed by atoms with E-state index in [4.69, 9.17) is 14.2 Å². The Balaban J connectivity index is 2.67. The minimum Gasteiger partial charge on any atom is -0.493 e. The molecule has 0 radical (unpaired) electrons. The molecule has 0 saturated heterocycles. The summed E-state index contributed by atoms with van der Waals surface area (Å²) in [5, 5.41) is 0. The average molecular weight is 491 g/mol. The van der Waals surface area contributed by atoms with Gasteiger partial charge in [0.2, 0.25) is 0 Å². The van der Waals surface area contributed by atoms with Crippen molar-refractivity contribution in [2.75, 3.05) is 6.61 Å². The van der Waals surface area contributed by atoms with Gasteiger partial charge in [0, 0.05) is 18.9 Å². The highest BCUT2D eigenvalue weighted by Gasteiger charge is 2.16. The van der Waals surface area contributed by atoms with E-state index in [0.717, 1.165) is 51.4 Å². The number of unbranched alkanes of at least 4 members (excludes halogenated alkanes) is 7. The van der Waals surface area contributed by atoms with E-state index in [0.29, 0.717) is 37.0 Å². The largest absolute Gasteiger partial charge is 0.493 e. The van der Waals surface area contributed by atoms with Gasteiger partial charge in [-0.1, -0.05) is 92.4 Å². The molecule has 0 spiro atoms. The lowest BCUT2D eigenvalue weighted by Crippen LogP contribution is -2.12. The van der Waals surface area contributed by atoms with Crippen molar-refractivity contribution < 1.29 is 23.8 Å². The fourth-order valence-corrected chi connectivity index (χ4v) is 3.81. The lowest BCUT2D eigenvalue weighted by Gasteiger charge is -2.13. The van der Waals surface area contributed by atoms with Crippen LogP contribution in [0.3, 0.4) is 0 Å². The lowest BCUT2D eigenvalue weighted by molar-refractivity contribution is -0.137. The summed E-state index contributed by atoms with van der Waals surface area (Å²) in [6.45, 7) is 11.5. The molecular formula is C30H50O5. The second kappa shape index (κ2) is 19.2. The molecule has 0 saturated carbocycles. The molecule has 1 rings (SSSR count). The summed E-state index contributed by atoms with van der Waals surface area (Å²) in [5.41, 5.74) is 0. The molecule has 0 aliphatic heterocycles. The Hall–Kier alpha value is -2.04. The van der Waals surface area contributed by atoms with E-state index < -0.39 is 0 Å². The van der Waals surface area contributed by atoms with Crippen molar-refractivity contribution in [3.05, 3.63) is 18.2 Å². The van der Waals surface area contributed by atoms with Gasteiger partial charge in [0.25, 0.3) is 0 Å². The van der Waals surface area contributed by atoms with Crippen LogP contribution < -0.4 is 14.2 Å². The first-order chi connectivity index (χ1) is 16.8. The maximum Gasteiger partial charge on any atom is 0.311 e. The fourth-order valence-electron chi connectivity index (χ4n) is 3.81. The van der Waals surface area contributed by atoms with Crippen LogP contribution in [0.15, 0.2) is 18.2 Å². The quantitative estimate of drug-likeness (QED) is 0.104. The van der Waals surface area contributed by atoms with Crippen LogP contribution in [0, 0.1) is 11.8 Å². The Morgan fingerprint density at radius 1 is 0.686 bits per heavy atom. The second-order valence-corrected chi connectivity index (χ2v) is 10.5. The predicted octanol–water partition coefficient (Wildman–Crippen LogP) is 8.67. The van der Waals surface area contributed by atoms with Gasteiger partial charge in [-0.2, -0.15) is 0 Å². The van der Waals surface area contributed by atoms with Gasteiger partial charge in [-0.3, -0.25) is 9.59 Å². The molecule has 1 aromatic rings. The zero-order chi connectivity index (χ0) is 25.9. The maximum atomic E-state index is 12.5. The molecule has 0 N–H and O–H groups in total. The number of ether oxygens (including phenoxy) is 3. The Morgan fingerprint density at radius 2 is 1.23 bits per heavy atom. The number of hydrogen-bond acceptors (Lipinski definition) is 5. The van der Waals surface area contributed by atoms with Gasteiger partial charge in [0.05, 0.1) is 6.61 Å². The molecule has 0 aromatic heterocycles. The first kappa shape index (κ1) is 31.0. The van der Waals surface area contributed by atoms with Gasteiger partial charge in [-0.25, -0.2) is 0 Å². The lowest BCUT2D eigenvalue weighted by atomic mass is 10.1. The van der Waals surface area contributed by atoms with Crippen molar-refractivity contribution in [1.82, 2.24) is 0 Å². The van der Waals surface area contributed by atoms with Crippen LogP contribution in [-0.4, -0.2) is 18.5 Å². The van der Waals surface area contributed by atoms with E-state index in [-0.39, 0.29) is 23.4 Å². The number of esters is 2. The number of carbonyl (C=O) groups excluding carboxylic acids is 2. The first-order valence-electron chi connectivity index (χ1n) is 14.0. The van der Waals surface area contributed by atoms with Gasteiger partial charge >= 0.3 is 11.9 Å². The van der Waals surface area contributed by atoms with Gasteiger partial charge in [0.1, 0.15) is 5.75 Å². The predicted molar refractivity (Wildman–Crippen MR) is 143 cm³/mol. The number of carbonyl (C=O) groups is 2. The molecule has 0 aliphatic carbocycles. The van der Waals surface area contributed by atoms with Crippen molar-refractivity contribution in [2.24, 2.45) is 11.8 Å². The van der Waals surface area contributed by atoms with Gasteiger partial charge in [0.15, 0.2) is 11.5 Å². The summed E-state index contributed by atoms with van der Waals surface area (Å²) >= 11 is 0. The van der Waals surface area contributed by atoms with Crippen LogP contribution in [0.2, 0.25) is 0 Å². The second-order valence-electron chi connectivity index (χ2n) is 10.5. The van der Waals surface area contributed by atoms with Crippen molar-refractivity contribution in [1.29, 1.82) is 0 Å². The summed E-state index contributed by atoms with van der Waals surface area (Å²) in [7, 11) is 0. The highest BCUT2D eigenvalue weighted by atomic mass is 16.6. The van der Waals surface area contributed by atoms with Crippen molar-refractivity contribution in [3.63, 3.8) is 0 Å². The first-order valence-corrected chi connectivity index (χ1v) is 14.0. The molecule has 5 heteroatoms. The third-order valence-corrected chi connectivity index (χ3v) is 5.95. The zero-order valence-corrected chi connectivity index (χ0v) is 23.0. The smallest absolute Gasteiger partial charge is 0.311 e.